The highest BCUT2D eigenvalue weighted by atomic mass is 32.2. The number of rotatable bonds is 4. The van der Waals surface area contributed by atoms with E-state index in [2.05, 4.69) is 11.4 Å². The van der Waals surface area contributed by atoms with Crippen LogP contribution in [-0.2, 0) is 9.84 Å². The number of anilines is 1. The first-order valence-electron chi connectivity index (χ1n) is 7.70. The molecule has 0 bridgehead atoms. The summed E-state index contributed by atoms with van der Waals surface area (Å²) in [7, 11) is -3.46. The van der Waals surface area contributed by atoms with E-state index in [9.17, 15) is 8.42 Å². The summed E-state index contributed by atoms with van der Waals surface area (Å²) in [5.41, 5.74) is 3.01. The first-order chi connectivity index (χ1) is 11.5. The number of hydrogen-bond donors (Lipinski definition) is 1. The van der Waals surface area contributed by atoms with Crippen molar-refractivity contribution in [1.82, 2.24) is 0 Å². The molecule has 0 aliphatic carbocycles. The zero-order valence-corrected chi connectivity index (χ0v) is 14.5. The van der Waals surface area contributed by atoms with E-state index in [0.29, 0.717) is 4.90 Å². The van der Waals surface area contributed by atoms with Crippen LogP contribution >= 0.6 is 0 Å². The van der Waals surface area contributed by atoms with Gasteiger partial charge >= 0.3 is 0 Å². The van der Waals surface area contributed by atoms with Crippen molar-refractivity contribution in [2.45, 2.75) is 18.7 Å². The molecule has 0 aliphatic heterocycles. The van der Waals surface area contributed by atoms with Gasteiger partial charge in [0.15, 0.2) is 0 Å². The van der Waals surface area contributed by atoms with Crippen molar-refractivity contribution in [2.24, 2.45) is 0 Å². The molecule has 0 unspecified atom stereocenters. The highest BCUT2D eigenvalue weighted by molar-refractivity contribution is 7.94. The fourth-order valence-corrected chi connectivity index (χ4v) is 3.51. The van der Waals surface area contributed by atoms with Gasteiger partial charge in [0.25, 0.3) is 0 Å². The summed E-state index contributed by atoms with van der Waals surface area (Å²) in [6, 6.07) is 18.9. The SMILES string of the molecule is Cc1ccc(S(=O)(=O)/C=C\Nc2c(C)ccc3ccccc23)cc1. The number of fused-ring (bicyclic) bond motifs is 1. The van der Waals surface area contributed by atoms with Gasteiger partial charge in [0.2, 0.25) is 9.84 Å². The summed E-state index contributed by atoms with van der Waals surface area (Å²) in [6.45, 7) is 3.92. The van der Waals surface area contributed by atoms with E-state index < -0.39 is 9.84 Å². The van der Waals surface area contributed by atoms with Crippen LogP contribution in [0, 0.1) is 13.8 Å². The van der Waals surface area contributed by atoms with Crippen molar-refractivity contribution >= 4 is 26.3 Å². The molecule has 0 radical (unpaired) electrons. The minimum atomic E-state index is -3.46. The third-order valence-electron chi connectivity index (χ3n) is 3.96. The maximum Gasteiger partial charge on any atom is 0.201 e. The summed E-state index contributed by atoms with van der Waals surface area (Å²) in [5, 5.41) is 6.52. The fourth-order valence-electron chi connectivity index (χ4n) is 2.59. The Hall–Kier alpha value is -2.59. The summed E-state index contributed by atoms with van der Waals surface area (Å²) in [6.07, 6.45) is 1.49. The van der Waals surface area contributed by atoms with Crippen LogP contribution in [-0.4, -0.2) is 8.42 Å². The van der Waals surface area contributed by atoms with E-state index in [1.807, 2.05) is 44.2 Å². The number of aryl methyl sites for hydroxylation is 2. The quantitative estimate of drug-likeness (QED) is 0.743. The summed E-state index contributed by atoms with van der Waals surface area (Å²) in [4.78, 5) is 0.292. The number of benzene rings is 3. The molecule has 3 aromatic rings. The van der Waals surface area contributed by atoms with Crippen LogP contribution in [0.2, 0.25) is 0 Å². The van der Waals surface area contributed by atoms with Crippen LogP contribution in [0.4, 0.5) is 5.69 Å². The smallest absolute Gasteiger partial charge is 0.201 e. The van der Waals surface area contributed by atoms with E-state index in [1.165, 1.54) is 11.6 Å². The van der Waals surface area contributed by atoms with E-state index in [1.54, 1.807) is 24.3 Å². The van der Waals surface area contributed by atoms with Gasteiger partial charge in [-0.15, -0.1) is 0 Å². The van der Waals surface area contributed by atoms with Crippen LogP contribution in [0.15, 0.2) is 77.2 Å². The Labute approximate surface area is 142 Å². The standard InChI is InChI=1S/C20H19NO2S/c1-15-7-11-18(12-8-15)24(22,23)14-13-21-20-16(2)9-10-17-5-3-4-6-19(17)20/h3-14,21H,1-2H3/b14-13-. The number of hydrogen-bond acceptors (Lipinski definition) is 3. The molecule has 3 rings (SSSR count). The largest absolute Gasteiger partial charge is 0.360 e. The molecule has 122 valence electrons. The third-order valence-corrected chi connectivity index (χ3v) is 5.39. The lowest BCUT2D eigenvalue weighted by atomic mass is 10.0. The van der Waals surface area contributed by atoms with Crippen molar-refractivity contribution in [3.63, 3.8) is 0 Å². The normalized spacial score (nSPS) is 11.9. The van der Waals surface area contributed by atoms with Crippen LogP contribution in [0.5, 0.6) is 0 Å². The minimum Gasteiger partial charge on any atom is -0.360 e. The van der Waals surface area contributed by atoms with Gasteiger partial charge in [-0.1, -0.05) is 54.1 Å². The maximum absolute atomic E-state index is 12.4. The van der Waals surface area contributed by atoms with E-state index >= 15 is 0 Å². The fraction of sp³-hybridized carbons (Fsp3) is 0.100. The van der Waals surface area contributed by atoms with Gasteiger partial charge in [0.05, 0.1) is 10.3 Å². The van der Waals surface area contributed by atoms with Crippen molar-refractivity contribution in [3.8, 4) is 0 Å². The minimum absolute atomic E-state index is 0.292. The predicted octanol–water partition coefficient (Wildman–Crippen LogP) is 4.81. The monoisotopic (exact) mass is 337 g/mol. The molecule has 1 N–H and O–H groups in total. The molecule has 4 heteroatoms. The lowest BCUT2D eigenvalue weighted by Gasteiger charge is -2.10. The Bertz CT molecular complexity index is 1000. The average molecular weight is 337 g/mol. The molecule has 0 amide bonds. The maximum atomic E-state index is 12.4. The van der Waals surface area contributed by atoms with E-state index in [4.69, 9.17) is 0 Å². The van der Waals surface area contributed by atoms with E-state index in [-0.39, 0.29) is 0 Å². The molecule has 3 nitrogen and oxygen atoms in total. The van der Waals surface area contributed by atoms with Gasteiger partial charge in [-0.3, -0.25) is 0 Å². The predicted molar refractivity (Wildman–Crippen MR) is 99.8 cm³/mol. The molecular weight excluding hydrogens is 318 g/mol. The lowest BCUT2D eigenvalue weighted by Crippen LogP contribution is -1.99. The Kier molecular flexibility index (Phi) is 4.40. The molecule has 0 atom stereocenters. The second kappa shape index (κ2) is 6.49. The average Bonchev–Trinajstić information content (AvgIpc) is 2.57. The Morgan fingerprint density at radius 2 is 1.58 bits per heavy atom. The van der Waals surface area contributed by atoms with Crippen LogP contribution in [0.3, 0.4) is 0 Å². The van der Waals surface area contributed by atoms with Crippen LogP contribution in [0.25, 0.3) is 10.8 Å². The molecule has 0 saturated carbocycles. The topological polar surface area (TPSA) is 46.2 Å². The molecule has 0 aliphatic rings. The van der Waals surface area contributed by atoms with Crippen molar-refractivity contribution in [1.29, 1.82) is 0 Å². The molecule has 0 aromatic heterocycles. The van der Waals surface area contributed by atoms with Gasteiger partial charge in [-0.05, 0) is 36.9 Å². The van der Waals surface area contributed by atoms with E-state index in [0.717, 1.165) is 27.6 Å². The highest BCUT2D eigenvalue weighted by Crippen LogP contribution is 2.27. The van der Waals surface area contributed by atoms with Crippen LogP contribution in [0.1, 0.15) is 11.1 Å². The molecule has 0 fully saturated rings. The summed E-state index contributed by atoms with van der Waals surface area (Å²) >= 11 is 0. The Balaban J connectivity index is 1.89. The first-order valence-corrected chi connectivity index (χ1v) is 9.25. The number of sulfone groups is 1. The molecule has 0 saturated heterocycles. The highest BCUT2D eigenvalue weighted by Gasteiger charge is 2.10. The van der Waals surface area contributed by atoms with Gasteiger partial charge in [-0.25, -0.2) is 8.42 Å². The summed E-state index contributed by atoms with van der Waals surface area (Å²) < 4.78 is 24.7. The molecule has 0 heterocycles. The second-order valence-electron chi connectivity index (χ2n) is 5.78. The van der Waals surface area contributed by atoms with Gasteiger partial charge in [0.1, 0.15) is 0 Å². The molecule has 24 heavy (non-hydrogen) atoms. The third kappa shape index (κ3) is 3.34. The van der Waals surface area contributed by atoms with Crippen molar-refractivity contribution in [2.75, 3.05) is 5.32 Å². The van der Waals surface area contributed by atoms with Crippen molar-refractivity contribution < 1.29 is 8.42 Å². The molecule has 0 spiro atoms. The first kappa shape index (κ1) is 16.3. The molecular formula is C20H19NO2S. The zero-order valence-electron chi connectivity index (χ0n) is 13.7. The summed E-state index contributed by atoms with van der Waals surface area (Å²) in [5.74, 6) is 0. The van der Waals surface area contributed by atoms with Crippen LogP contribution < -0.4 is 5.32 Å². The van der Waals surface area contributed by atoms with Gasteiger partial charge in [-0.2, -0.15) is 0 Å². The second-order valence-corrected chi connectivity index (χ2v) is 7.62. The lowest BCUT2D eigenvalue weighted by molar-refractivity contribution is 0.604. The van der Waals surface area contributed by atoms with Crippen molar-refractivity contribution in [3.05, 3.63) is 83.4 Å². The molecule has 3 aromatic carbocycles. The number of nitrogens with one attached hydrogen (secondary N) is 1. The van der Waals surface area contributed by atoms with Gasteiger partial charge < -0.3 is 5.32 Å². The Morgan fingerprint density at radius 3 is 2.33 bits per heavy atom. The Morgan fingerprint density at radius 1 is 0.875 bits per heavy atom. The zero-order chi connectivity index (χ0) is 17.2. The van der Waals surface area contributed by atoms with Gasteiger partial charge in [0, 0.05) is 17.3 Å².